The molecule has 1 aliphatic rings. The Balaban J connectivity index is 2.39. The number of ether oxygens (including phenoxy) is 1. The highest BCUT2D eigenvalue weighted by Gasteiger charge is 2.43. The molecule has 19 heavy (non-hydrogen) atoms. The summed E-state index contributed by atoms with van der Waals surface area (Å²) >= 11 is 0. The topological polar surface area (TPSA) is 42.4 Å². The molecule has 0 bridgehead atoms. The van der Waals surface area contributed by atoms with Crippen molar-refractivity contribution >= 4 is 5.78 Å². The summed E-state index contributed by atoms with van der Waals surface area (Å²) in [6.45, 7) is 0. The highest BCUT2D eigenvalue weighted by molar-refractivity contribution is 6.03. The van der Waals surface area contributed by atoms with Crippen LogP contribution in [0.5, 0.6) is 5.75 Å². The number of methoxy groups -OCH3 is 1. The quantitative estimate of drug-likeness (QED) is 0.782. The molecule has 0 aliphatic heterocycles. The maximum atomic E-state index is 13.0. The molecule has 0 unspecified atom stereocenters. The summed E-state index contributed by atoms with van der Waals surface area (Å²) in [7, 11) is 5.55. The van der Waals surface area contributed by atoms with Crippen LogP contribution in [0.3, 0.4) is 0 Å². The standard InChI is InChI=1S/C15H22N2O2/c1-17(2)15(9-5-4-6-10-15)14(18)13-12(19-3)8-7-11-16-13/h7-8,11H,4-6,9-10H2,1-3H3. The zero-order chi connectivity index (χ0) is 13.9. The fourth-order valence-corrected chi connectivity index (χ4v) is 2.96. The molecule has 1 heterocycles. The predicted molar refractivity (Wildman–Crippen MR) is 74.6 cm³/mol. The van der Waals surface area contributed by atoms with Gasteiger partial charge in [0.05, 0.1) is 12.6 Å². The van der Waals surface area contributed by atoms with Crippen molar-refractivity contribution in [1.82, 2.24) is 9.88 Å². The number of pyridine rings is 1. The molecule has 0 N–H and O–H groups in total. The van der Waals surface area contributed by atoms with E-state index >= 15 is 0 Å². The van der Waals surface area contributed by atoms with Gasteiger partial charge in [-0.25, -0.2) is 4.98 Å². The summed E-state index contributed by atoms with van der Waals surface area (Å²) in [6.07, 6.45) is 6.86. The van der Waals surface area contributed by atoms with Crippen molar-refractivity contribution in [3.63, 3.8) is 0 Å². The molecule has 0 radical (unpaired) electrons. The van der Waals surface area contributed by atoms with Gasteiger partial charge in [-0.3, -0.25) is 9.69 Å². The number of rotatable bonds is 4. The smallest absolute Gasteiger partial charge is 0.205 e. The molecular weight excluding hydrogens is 240 g/mol. The summed E-state index contributed by atoms with van der Waals surface area (Å²) in [5, 5.41) is 0. The third-order valence-electron chi connectivity index (χ3n) is 4.17. The lowest BCUT2D eigenvalue weighted by atomic mass is 9.76. The van der Waals surface area contributed by atoms with Crippen LogP contribution in [-0.4, -0.2) is 42.4 Å². The summed E-state index contributed by atoms with van der Waals surface area (Å²) in [5.41, 5.74) is 0.0421. The second-order valence-corrected chi connectivity index (χ2v) is 5.37. The molecule has 2 rings (SSSR count). The first-order valence-corrected chi connectivity index (χ1v) is 6.83. The number of hydrogen-bond donors (Lipinski definition) is 0. The number of aromatic nitrogens is 1. The van der Waals surface area contributed by atoms with Crippen LogP contribution in [-0.2, 0) is 0 Å². The molecule has 0 saturated heterocycles. The number of carbonyl (C=O) groups excluding carboxylic acids is 1. The Morgan fingerprint density at radius 3 is 2.58 bits per heavy atom. The molecule has 0 aromatic carbocycles. The first-order valence-electron chi connectivity index (χ1n) is 6.83. The number of carbonyl (C=O) groups is 1. The van der Waals surface area contributed by atoms with E-state index in [9.17, 15) is 4.79 Å². The molecule has 0 atom stereocenters. The van der Waals surface area contributed by atoms with Gasteiger partial charge in [0.1, 0.15) is 11.4 Å². The Hall–Kier alpha value is -1.42. The van der Waals surface area contributed by atoms with E-state index in [1.54, 1.807) is 25.4 Å². The lowest BCUT2D eigenvalue weighted by Gasteiger charge is -2.41. The normalized spacial score (nSPS) is 18.3. The van der Waals surface area contributed by atoms with Gasteiger partial charge in [-0.05, 0) is 39.1 Å². The molecule has 104 valence electrons. The average Bonchev–Trinajstić information content (AvgIpc) is 2.47. The Labute approximate surface area is 114 Å². The van der Waals surface area contributed by atoms with E-state index in [4.69, 9.17) is 4.74 Å². The maximum Gasteiger partial charge on any atom is 0.205 e. The summed E-state index contributed by atoms with van der Waals surface area (Å²) in [6, 6.07) is 3.59. The van der Waals surface area contributed by atoms with Crippen LogP contribution >= 0.6 is 0 Å². The van der Waals surface area contributed by atoms with E-state index in [1.807, 2.05) is 14.1 Å². The second kappa shape index (κ2) is 5.70. The highest BCUT2D eigenvalue weighted by Crippen LogP contribution is 2.36. The molecule has 0 amide bonds. The number of hydrogen-bond acceptors (Lipinski definition) is 4. The highest BCUT2D eigenvalue weighted by atomic mass is 16.5. The van der Waals surface area contributed by atoms with Crippen molar-refractivity contribution in [3.8, 4) is 5.75 Å². The Bertz CT molecular complexity index is 451. The van der Waals surface area contributed by atoms with Crippen molar-refractivity contribution in [2.45, 2.75) is 37.6 Å². The summed E-state index contributed by atoms with van der Waals surface area (Å²) in [4.78, 5) is 19.3. The fraction of sp³-hybridized carbons (Fsp3) is 0.600. The van der Waals surface area contributed by atoms with Crippen molar-refractivity contribution in [2.75, 3.05) is 21.2 Å². The number of likely N-dealkylation sites (N-methyl/N-ethyl adjacent to an activating group) is 1. The Kier molecular flexibility index (Phi) is 4.20. The molecule has 4 nitrogen and oxygen atoms in total. The minimum absolute atomic E-state index is 0.0923. The number of Topliss-reactive ketones (excluding diaryl/α,β-unsaturated/α-hetero) is 1. The van der Waals surface area contributed by atoms with Gasteiger partial charge in [0.25, 0.3) is 0 Å². The number of nitrogens with zero attached hydrogens (tertiary/aromatic N) is 2. The Morgan fingerprint density at radius 2 is 2.00 bits per heavy atom. The van der Waals surface area contributed by atoms with Crippen LogP contribution in [0.25, 0.3) is 0 Å². The van der Waals surface area contributed by atoms with E-state index in [2.05, 4.69) is 9.88 Å². The first kappa shape index (κ1) is 14.0. The van der Waals surface area contributed by atoms with Crippen LogP contribution in [0.2, 0.25) is 0 Å². The predicted octanol–water partition coefficient (Wildman–Crippen LogP) is 2.54. The molecule has 1 aliphatic carbocycles. The van der Waals surface area contributed by atoms with Crippen LogP contribution in [0, 0.1) is 0 Å². The molecule has 1 aromatic heterocycles. The monoisotopic (exact) mass is 262 g/mol. The van der Waals surface area contributed by atoms with Crippen molar-refractivity contribution in [3.05, 3.63) is 24.0 Å². The zero-order valence-electron chi connectivity index (χ0n) is 12.0. The summed E-state index contributed by atoms with van der Waals surface area (Å²) in [5.74, 6) is 0.661. The lowest BCUT2D eigenvalue weighted by Crippen LogP contribution is -2.52. The van der Waals surface area contributed by atoms with Gasteiger partial charge in [-0.2, -0.15) is 0 Å². The third-order valence-corrected chi connectivity index (χ3v) is 4.17. The van der Waals surface area contributed by atoms with Gasteiger partial charge in [0.15, 0.2) is 0 Å². The maximum absolute atomic E-state index is 13.0. The van der Waals surface area contributed by atoms with Gasteiger partial charge in [0.2, 0.25) is 5.78 Å². The molecule has 4 heteroatoms. The largest absolute Gasteiger partial charge is 0.494 e. The van der Waals surface area contributed by atoms with E-state index in [1.165, 1.54) is 6.42 Å². The van der Waals surface area contributed by atoms with Gasteiger partial charge in [0, 0.05) is 6.20 Å². The van der Waals surface area contributed by atoms with Gasteiger partial charge in [-0.15, -0.1) is 0 Å². The lowest BCUT2D eigenvalue weighted by molar-refractivity contribution is 0.0555. The second-order valence-electron chi connectivity index (χ2n) is 5.37. The summed E-state index contributed by atoms with van der Waals surface area (Å²) < 4.78 is 5.28. The SMILES string of the molecule is COc1cccnc1C(=O)C1(N(C)C)CCCCC1. The number of ketones is 1. The minimum atomic E-state index is -0.417. The van der Waals surface area contributed by atoms with Gasteiger partial charge >= 0.3 is 0 Å². The molecular formula is C15H22N2O2. The molecule has 1 aromatic rings. The van der Waals surface area contributed by atoms with Crippen LogP contribution in [0.15, 0.2) is 18.3 Å². The van der Waals surface area contributed by atoms with E-state index in [0.29, 0.717) is 11.4 Å². The fourth-order valence-electron chi connectivity index (χ4n) is 2.96. The van der Waals surface area contributed by atoms with E-state index in [-0.39, 0.29) is 5.78 Å². The average molecular weight is 262 g/mol. The van der Waals surface area contributed by atoms with E-state index < -0.39 is 5.54 Å². The van der Waals surface area contributed by atoms with Crippen LogP contribution in [0.4, 0.5) is 0 Å². The van der Waals surface area contributed by atoms with Crippen LogP contribution < -0.4 is 4.74 Å². The Morgan fingerprint density at radius 1 is 1.32 bits per heavy atom. The van der Waals surface area contributed by atoms with Gasteiger partial charge in [-0.1, -0.05) is 19.3 Å². The van der Waals surface area contributed by atoms with Crippen molar-refractivity contribution in [2.24, 2.45) is 0 Å². The molecule has 0 spiro atoms. The van der Waals surface area contributed by atoms with Crippen LogP contribution in [0.1, 0.15) is 42.6 Å². The molecule has 1 fully saturated rings. The van der Waals surface area contributed by atoms with Crippen molar-refractivity contribution < 1.29 is 9.53 Å². The van der Waals surface area contributed by atoms with Crippen molar-refractivity contribution in [1.29, 1.82) is 0 Å². The third kappa shape index (κ3) is 2.50. The van der Waals surface area contributed by atoms with Gasteiger partial charge < -0.3 is 4.74 Å². The zero-order valence-corrected chi connectivity index (χ0v) is 12.0. The van der Waals surface area contributed by atoms with E-state index in [0.717, 1.165) is 25.7 Å². The molecule has 1 saturated carbocycles. The first-order chi connectivity index (χ1) is 9.12. The minimum Gasteiger partial charge on any atom is -0.494 e.